The number of carbonyl (C=O) groups is 1. The molecule has 0 amide bonds. The second kappa shape index (κ2) is 4.52. The fourth-order valence-corrected chi connectivity index (χ4v) is 1.97. The quantitative estimate of drug-likeness (QED) is 0.658. The molecular formula is C8H7BrO2S. The minimum absolute atomic E-state index is 0.570. The molecule has 12 heavy (non-hydrogen) atoms. The number of benzene rings is 1. The number of rotatable bonds is 3. The highest BCUT2D eigenvalue weighted by Gasteiger charge is 2.13. The highest BCUT2D eigenvalue weighted by atomic mass is 79.9. The molecular weight excluding hydrogens is 240 g/mol. The first-order chi connectivity index (χ1) is 5.70. The van der Waals surface area contributed by atoms with Crippen LogP contribution in [0.4, 0.5) is 0 Å². The summed E-state index contributed by atoms with van der Waals surface area (Å²) in [4.78, 5) is 11.4. The Labute approximate surface area is 83.1 Å². The van der Waals surface area contributed by atoms with Gasteiger partial charge in [-0.3, -0.25) is 4.79 Å². The zero-order valence-corrected chi connectivity index (χ0v) is 8.51. The van der Waals surface area contributed by atoms with Crippen molar-refractivity contribution >= 4 is 33.7 Å². The number of carboxylic acid groups (broad SMARTS) is 1. The summed E-state index contributed by atoms with van der Waals surface area (Å²) < 4.78 is -0.570. The number of aliphatic carboxylic acids is 1. The molecule has 0 bridgehead atoms. The molecule has 0 heterocycles. The Morgan fingerprint density at radius 3 is 2.50 bits per heavy atom. The molecule has 64 valence electrons. The van der Waals surface area contributed by atoms with Gasteiger partial charge in [-0.15, -0.1) is 0 Å². The lowest BCUT2D eigenvalue weighted by molar-refractivity contribution is -0.134. The van der Waals surface area contributed by atoms with Gasteiger partial charge in [-0.2, -0.15) is 0 Å². The zero-order chi connectivity index (χ0) is 8.97. The summed E-state index contributed by atoms with van der Waals surface area (Å²) in [6, 6.07) is 9.41. The second-order valence-corrected chi connectivity index (χ2v) is 4.79. The summed E-state index contributed by atoms with van der Waals surface area (Å²) in [6.07, 6.45) is 0. The molecule has 1 atom stereocenters. The predicted octanol–water partition coefficient (Wildman–Crippen LogP) is 2.58. The van der Waals surface area contributed by atoms with Crippen molar-refractivity contribution < 1.29 is 9.90 Å². The monoisotopic (exact) mass is 246 g/mol. The smallest absolute Gasteiger partial charge is 0.327 e. The van der Waals surface area contributed by atoms with E-state index in [1.165, 1.54) is 11.8 Å². The van der Waals surface area contributed by atoms with Gasteiger partial charge < -0.3 is 5.11 Å². The molecule has 0 radical (unpaired) electrons. The second-order valence-electron chi connectivity index (χ2n) is 2.09. The molecule has 0 saturated heterocycles. The SMILES string of the molecule is O=C(O)C(Br)Sc1ccccc1. The van der Waals surface area contributed by atoms with E-state index in [0.717, 1.165) is 4.90 Å². The van der Waals surface area contributed by atoms with Crippen molar-refractivity contribution in [2.24, 2.45) is 0 Å². The van der Waals surface area contributed by atoms with Crippen LogP contribution in [0.3, 0.4) is 0 Å². The fourth-order valence-electron chi connectivity index (χ4n) is 0.669. The van der Waals surface area contributed by atoms with Crippen LogP contribution in [0.1, 0.15) is 0 Å². The standard InChI is InChI=1S/C8H7BrO2S/c9-7(8(10)11)12-6-4-2-1-3-5-6/h1-5,7H,(H,10,11). The average molecular weight is 247 g/mol. The van der Waals surface area contributed by atoms with E-state index in [9.17, 15) is 4.79 Å². The summed E-state index contributed by atoms with van der Waals surface area (Å²) in [5, 5.41) is 8.58. The molecule has 0 aliphatic rings. The summed E-state index contributed by atoms with van der Waals surface area (Å²) in [5.74, 6) is -0.858. The lowest BCUT2D eigenvalue weighted by atomic mass is 10.4. The first-order valence-electron chi connectivity index (χ1n) is 3.29. The number of hydrogen-bond acceptors (Lipinski definition) is 2. The van der Waals surface area contributed by atoms with Crippen LogP contribution in [0.15, 0.2) is 35.2 Å². The maximum Gasteiger partial charge on any atom is 0.327 e. The highest BCUT2D eigenvalue weighted by molar-refractivity contribution is 9.11. The lowest BCUT2D eigenvalue weighted by Crippen LogP contribution is -2.07. The molecule has 0 aromatic heterocycles. The van der Waals surface area contributed by atoms with Gasteiger partial charge in [0.2, 0.25) is 0 Å². The summed E-state index contributed by atoms with van der Waals surface area (Å²) in [7, 11) is 0. The Bertz CT molecular complexity index is 263. The van der Waals surface area contributed by atoms with Crippen LogP contribution in [0.25, 0.3) is 0 Å². The van der Waals surface area contributed by atoms with Crippen molar-refractivity contribution in [2.75, 3.05) is 0 Å². The summed E-state index contributed by atoms with van der Waals surface area (Å²) in [5.41, 5.74) is 0. The molecule has 1 N–H and O–H groups in total. The Balaban J connectivity index is 2.58. The van der Waals surface area contributed by atoms with Gasteiger partial charge in [0, 0.05) is 4.90 Å². The number of alkyl halides is 1. The highest BCUT2D eigenvalue weighted by Crippen LogP contribution is 2.26. The van der Waals surface area contributed by atoms with E-state index in [1.807, 2.05) is 30.3 Å². The van der Waals surface area contributed by atoms with Crippen LogP contribution in [0.2, 0.25) is 0 Å². The maximum absolute atomic E-state index is 10.4. The number of hydrogen-bond donors (Lipinski definition) is 1. The first-order valence-corrected chi connectivity index (χ1v) is 5.08. The van der Waals surface area contributed by atoms with Gasteiger partial charge in [-0.1, -0.05) is 45.9 Å². The van der Waals surface area contributed by atoms with Crippen molar-refractivity contribution in [3.8, 4) is 0 Å². The molecule has 0 saturated carbocycles. The van der Waals surface area contributed by atoms with Crippen LogP contribution in [-0.4, -0.2) is 15.2 Å². The van der Waals surface area contributed by atoms with Gasteiger partial charge in [-0.05, 0) is 12.1 Å². The third kappa shape index (κ3) is 2.87. The minimum atomic E-state index is -0.858. The van der Waals surface area contributed by atoms with Gasteiger partial charge in [0.1, 0.15) is 0 Å². The van der Waals surface area contributed by atoms with E-state index in [2.05, 4.69) is 15.9 Å². The van der Waals surface area contributed by atoms with Gasteiger partial charge in [0.05, 0.1) is 0 Å². The van der Waals surface area contributed by atoms with Crippen LogP contribution in [0, 0.1) is 0 Å². The third-order valence-electron chi connectivity index (χ3n) is 1.18. The largest absolute Gasteiger partial charge is 0.480 e. The van der Waals surface area contributed by atoms with Crippen LogP contribution < -0.4 is 0 Å². The van der Waals surface area contributed by atoms with Crippen molar-refractivity contribution in [1.29, 1.82) is 0 Å². The molecule has 4 heteroatoms. The van der Waals surface area contributed by atoms with E-state index in [1.54, 1.807) is 0 Å². The summed E-state index contributed by atoms with van der Waals surface area (Å²) in [6.45, 7) is 0. The first kappa shape index (κ1) is 9.61. The van der Waals surface area contributed by atoms with Crippen LogP contribution >= 0.6 is 27.7 Å². The Hall–Kier alpha value is -0.480. The molecule has 0 aliphatic carbocycles. The number of halogens is 1. The van der Waals surface area contributed by atoms with Gasteiger partial charge >= 0.3 is 5.97 Å². The number of thioether (sulfide) groups is 1. The van der Waals surface area contributed by atoms with Crippen LogP contribution in [0.5, 0.6) is 0 Å². The Kier molecular flexibility index (Phi) is 3.62. The molecule has 0 spiro atoms. The van der Waals surface area contributed by atoms with Gasteiger partial charge in [0.25, 0.3) is 0 Å². The third-order valence-corrected chi connectivity index (χ3v) is 3.08. The molecule has 2 nitrogen and oxygen atoms in total. The molecule has 1 aromatic carbocycles. The summed E-state index contributed by atoms with van der Waals surface area (Å²) >= 11 is 4.31. The lowest BCUT2D eigenvalue weighted by Gasteiger charge is -2.02. The van der Waals surface area contributed by atoms with E-state index in [4.69, 9.17) is 5.11 Å². The molecule has 1 unspecified atom stereocenters. The van der Waals surface area contributed by atoms with Crippen molar-refractivity contribution in [2.45, 2.75) is 9.05 Å². The van der Waals surface area contributed by atoms with Crippen molar-refractivity contribution in [1.82, 2.24) is 0 Å². The minimum Gasteiger partial charge on any atom is -0.480 e. The van der Waals surface area contributed by atoms with E-state index < -0.39 is 10.1 Å². The predicted molar refractivity (Wildman–Crippen MR) is 52.6 cm³/mol. The topological polar surface area (TPSA) is 37.3 Å². The van der Waals surface area contributed by atoms with E-state index in [0.29, 0.717) is 0 Å². The average Bonchev–Trinajstić information content (AvgIpc) is 2.06. The van der Waals surface area contributed by atoms with E-state index >= 15 is 0 Å². The normalized spacial score (nSPS) is 12.4. The van der Waals surface area contributed by atoms with Crippen molar-refractivity contribution in [3.05, 3.63) is 30.3 Å². The number of carboxylic acids is 1. The van der Waals surface area contributed by atoms with Crippen molar-refractivity contribution in [3.63, 3.8) is 0 Å². The zero-order valence-electron chi connectivity index (χ0n) is 6.11. The maximum atomic E-state index is 10.4. The van der Waals surface area contributed by atoms with E-state index in [-0.39, 0.29) is 0 Å². The fraction of sp³-hybridized carbons (Fsp3) is 0.125. The molecule has 0 fully saturated rings. The van der Waals surface area contributed by atoms with Crippen LogP contribution in [-0.2, 0) is 4.79 Å². The van der Waals surface area contributed by atoms with Gasteiger partial charge in [-0.25, -0.2) is 0 Å². The Morgan fingerprint density at radius 2 is 2.00 bits per heavy atom. The van der Waals surface area contributed by atoms with Gasteiger partial charge in [0.15, 0.2) is 4.16 Å². The molecule has 1 rings (SSSR count). The Morgan fingerprint density at radius 1 is 1.42 bits per heavy atom. The molecule has 1 aromatic rings. The molecule has 0 aliphatic heterocycles.